The summed E-state index contributed by atoms with van der Waals surface area (Å²) in [4.78, 5) is 36.7. The van der Waals surface area contributed by atoms with Crippen molar-refractivity contribution in [2.45, 2.75) is 38.5 Å². The van der Waals surface area contributed by atoms with E-state index in [1.165, 1.54) is 0 Å². The van der Waals surface area contributed by atoms with Gasteiger partial charge in [0.05, 0.1) is 6.07 Å². The molecule has 2 aromatic rings. The van der Waals surface area contributed by atoms with Crippen LogP contribution >= 0.6 is 0 Å². The monoisotopic (exact) mass is 423 g/mol. The third kappa shape index (κ3) is 7.82. The van der Waals surface area contributed by atoms with Crippen molar-refractivity contribution < 1.29 is 24.2 Å². The average Bonchev–Trinajstić information content (AvgIpc) is 2.76. The van der Waals surface area contributed by atoms with Gasteiger partial charge in [0.2, 0.25) is 5.91 Å². The number of nitrogens with one attached hydrogen (secondary N) is 2. The lowest BCUT2D eigenvalue weighted by atomic mass is 9.98. The van der Waals surface area contributed by atoms with E-state index >= 15 is 0 Å². The molecule has 162 valence electrons. The predicted octanol–water partition coefficient (Wildman–Crippen LogP) is 2.64. The van der Waals surface area contributed by atoms with Crippen LogP contribution in [0.4, 0.5) is 4.79 Å². The van der Waals surface area contributed by atoms with E-state index in [9.17, 15) is 19.5 Å². The zero-order valence-electron chi connectivity index (χ0n) is 17.2. The Morgan fingerprint density at radius 1 is 1.00 bits per heavy atom. The molecule has 0 heterocycles. The summed E-state index contributed by atoms with van der Waals surface area (Å²) in [5, 5.41) is 23.3. The van der Waals surface area contributed by atoms with Crippen LogP contribution in [0.25, 0.3) is 0 Å². The van der Waals surface area contributed by atoms with Crippen molar-refractivity contribution in [3.8, 4) is 6.07 Å². The standard InChI is InChI=1S/C23H25N3O5/c1-16(12-13-24)20(22(28)29)26-21(27)19(14-17-8-4-2-5-9-17)25-23(30)31-15-18-10-6-3-7-11-18/h2-11,16,19-20H,12,14-15H2,1H3,(H,25,30)(H,26,27)(H,28,29)/t16-,19-,20+/m1/s1. The Hall–Kier alpha value is -3.86. The maximum absolute atomic E-state index is 12.9. The lowest BCUT2D eigenvalue weighted by molar-refractivity contribution is -0.143. The smallest absolute Gasteiger partial charge is 0.408 e. The molecule has 0 spiro atoms. The average molecular weight is 423 g/mol. The molecule has 3 N–H and O–H groups in total. The van der Waals surface area contributed by atoms with E-state index in [-0.39, 0.29) is 19.4 Å². The Morgan fingerprint density at radius 2 is 1.58 bits per heavy atom. The van der Waals surface area contributed by atoms with Crippen LogP contribution in [-0.4, -0.2) is 35.2 Å². The SMILES string of the molecule is C[C@H](CC#N)[C@H](NC(=O)[C@@H](Cc1ccccc1)NC(=O)OCc1ccccc1)C(=O)O. The Bertz CT molecular complexity index is 912. The Labute approximate surface area is 180 Å². The van der Waals surface area contributed by atoms with Crippen LogP contribution in [0.1, 0.15) is 24.5 Å². The molecular formula is C23H25N3O5. The van der Waals surface area contributed by atoms with Crippen LogP contribution in [0.5, 0.6) is 0 Å². The number of rotatable bonds is 10. The third-order valence-corrected chi connectivity index (χ3v) is 4.65. The first-order valence-electron chi connectivity index (χ1n) is 9.82. The second-order valence-corrected chi connectivity index (χ2v) is 7.11. The van der Waals surface area contributed by atoms with E-state index in [0.29, 0.717) is 0 Å². The summed E-state index contributed by atoms with van der Waals surface area (Å²) in [5.41, 5.74) is 1.57. The molecule has 0 radical (unpaired) electrons. The van der Waals surface area contributed by atoms with Gasteiger partial charge in [-0.1, -0.05) is 67.6 Å². The second-order valence-electron chi connectivity index (χ2n) is 7.11. The molecule has 0 saturated heterocycles. The van der Waals surface area contributed by atoms with Gasteiger partial charge in [-0.2, -0.15) is 5.26 Å². The molecule has 8 heteroatoms. The van der Waals surface area contributed by atoms with Gasteiger partial charge in [-0.15, -0.1) is 0 Å². The van der Waals surface area contributed by atoms with Gasteiger partial charge in [-0.25, -0.2) is 9.59 Å². The largest absolute Gasteiger partial charge is 0.480 e. The highest BCUT2D eigenvalue weighted by Gasteiger charge is 2.30. The number of carboxylic acids is 1. The van der Waals surface area contributed by atoms with E-state index < -0.39 is 36.0 Å². The molecule has 2 aromatic carbocycles. The Morgan fingerprint density at radius 3 is 2.13 bits per heavy atom. The first-order chi connectivity index (χ1) is 14.9. The number of aliphatic carboxylic acids is 1. The summed E-state index contributed by atoms with van der Waals surface area (Å²) in [7, 11) is 0. The van der Waals surface area contributed by atoms with Crippen LogP contribution < -0.4 is 10.6 Å². The van der Waals surface area contributed by atoms with Gasteiger partial charge in [0.25, 0.3) is 0 Å². The summed E-state index contributed by atoms with van der Waals surface area (Å²) in [6.07, 6.45) is -0.684. The molecule has 2 amide bonds. The molecule has 0 saturated carbocycles. The van der Waals surface area contributed by atoms with Crippen molar-refractivity contribution in [1.82, 2.24) is 10.6 Å². The molecular weight excluding hydrogens is 398 g/mol. The van der Waals surface area contributed by atoms with Gasteiger partial charge in [-0.05, 0) is 11.1 Å². The molecule has 0 unspecified atom stereocenters. The molecule has 0 aliphatic carbocycles. The van der Waals surface area contributed by atoms with E-state index in [1.54, 1.807) is 43.3 Å². The lowest BCUT2D eigenvalue weighted by Gasteiger charge is -2.24. The quantitative estimate of drug-likeness (QED) is 0.539. The molecule has 0 bridgehead atoms. The highest BCUT2D eigenvalue weighted by Crippen LogP contribution is 2.10. The molecule has 31 heavy (non-hydrogen) atoms. The third-order valence-electron chi connectivity index (χ3n) is 4.65. The van der Waals surface area contributed by atoms with Gasteiger partial charge in [0.1, 0.15) is 18.7 Å². The summed E-state index contributed by atoms with van der Waals surface area (Å²) in [6.45, 7) is 1.60. The maximum Gasteiger partial charge on any atom is 0.408 e. The molecule has 0 aliphatic rings. The fourth-order valence-corrected chi connectivity index (χ4v) is 2.93. The molecule has 0 aromatic heterocycles. The normalized spacial score (nSPS) is 13.2. The Balaban J connectivity index is 2.09. The van der Waals surface area contributed by atoms with Crippen molar-refractivity contribution >= 4 is 18.0 Å². The minimum atomic E-state index is -1.26. The number of carbonyl (C=O) groups is 3. The zero-order chi connectivity index (χ0) is 22.6. The molecule has 0 fully saturated rings. The fourth-order valence-electron chi connectivity index (χ4n) is 2.93. The number of alkyl carbamates (subject to hydrolysis) is 1. The number of nitrogens with zero attached hydrogens (tertiary/aromatic N) is 1. The van der Waals surface area contributed by atoms with Crippen molar-refractivity contribution in [3.63, 3.8) is 0 Å². The van der Waals surface area contributed by atoms with Gasteiger partial charge >= 0.3 is 12.1 Å². The van der Waals surface area contributed by atoms with Gasteiger partial charge in [-0.3, -0.25) is 4.79 Å². The number of carboxylic acid groups (broad SMARTS) is 1. The number of ether oxygens (including phenoxy) is 1. The predicted molar refractivity (Wildman–Crippen MR) is 113 cm³/mol. The van der Waals surface area contributed by atoms with Gasteiger partial charge < -0.3 is 20.5 Å². The summed E-state index contributed by atoms with van der Waals surface area (Å²) < 4.78 is 5.20. The molecule has 2 rings (SSSR count). The number of benzene rings is 2. The first-order valence-corrected chi connectivity index (χ1v) is 9.82. The Kier molecular flexibility index (Phi) is 9.05. The topological polar surface area (TPSA) is 129 Å². The van der Waals surface area contributed by atoms with Crippen LogP contribution in [0, 0.1) is 17.2 Å². The van der Waals surface area contributed by atoms with Crippen molar-refractivity contribution in [2.75, 3.05) is 0 Å². The van der Waals surface area contributed by atoms with Crippen LogP contribution in [0.15, 0.2) is 60.7 Å². The van der Waals surface area contributed by atoms with Crippen LogP contribution in [-0.2, 0) is 27.4 Å². The van der Waals surface area contributed by atoms with Gasteiger partial charge in [0.15, 0.2) is 0 Å². The lowest BCUT2D eigenvalue weighted by Crippen LogP contribution is -2.54. The first kappa shape index (κ1) is 23.4. The molecule has 0 aliphatic heterocycles. The highest BCUT2D eigenvalue weighted by molar-refractivity contribution is 5.89. The number of hydrogen-bond donors (Lipinski definition) is 3. The summed E-state index contributed by atoms with van der Waals surface area (Å²) in [5.74, 6) is -2.52. The molecule has 3 atom stereocenters. The van der Waals surface area contributed by atoms with Crippen molar-refractivity contribution in [3.05, 3.63) is 71.8 Å². The van der Waals surface area contributed by atoms with E-state index in [2.05, 4.69) is 10.6 Å². The fraction of sp³-hybridized carbons (Fsp3) is 0.304. The minimum absolute atomic E-state index is 0.0311. The number of carbonyl (C=O) groups excluding carboxylic acids is 2. The van der Waals surface area contributed by atoms with Crippen LogP contribution in [0.2, 0.25) is 0 Å². The number of nitriles is 1. The van der Waals surface area contributed by atoms with E-state index in [0.717, 1.165) is 11.1 Å². The van der Waals surface area contributed by atoms with E-state index in [1.807, 2.05) is 30.3 Å². The maximum atomic E-state index is 12.9. The van der Waals surface area contributed by atoms with Crippen molar-refractivity contribution in [1.29, 1.82) is 5.26 Å². The second kappa shape index (κ2) is 12.0. The number of amides is 2. The van der Waals surface area contributed by atoms with Gasteiger partial charge in [0, 0.05) is 18.8 Å². The molecule has 8 nitrogen and oxygen atoms in total. The highest BCUT2D eigenvalue weighted by atomic mass is 16.5. The van der Waals surface area contributed by atoms with Crippen LogP contribution in [0.3, 0.4) is 0 Å². The number of hydrogen-bond acceptors (Lipinski definition) is 5. The van der Waals surface area contributed by atoms with E-state index in [4.69, 9.17) is 10.00 Å². The summed E-state index contributed by atoms with van der Waals surface area (Å²) >= 11 is 0. The minimum Gasteiger partial charge on any atom is -0.480 e. The zero-order valence-corrected chi connectivity index (χ0v) is 17.2. The summed E-state index contributed by atoms with van der Waals surface area (Å²) in [6, 6.07) is 17.7. The van der Waals surface area contributed by atoms with Crippen molar-refractivity contribution in [2.24, 2.45) is 5.92 Å².